The topological polar surface area (TPSA) is 104 Å². The zero-order valence-corrected chi connectivity index (χ0v) is 15.8. The van der Waals surface area contributed by atoms with Gasteiger partial charge in [0.2, 0.25) is 5.75 Å². The normalized spacial score (nSPS) is 15.6. The Labute approximate surface area is 160 Å². The predicted molar refractivity (Wildman–Crippen MR) is 97.4 cm³/mol. The largest absolute Gasteiger partial charge is 0.490 e. The molecule has 0 atom stereocenters. The molecule has 142 valence electrons. The maximum atomic E-state index is 12.0. The Hall–Kier alpha value is -2.78. The smallest absolute Gasteiger partial charge is 0.363 e. The molecule has 0 fully saturated rings. The quantitative estimate of drug-likeness (QED) is 0.408. The van der Waals surface area contributed by atoms with Crippen molar-refractivity contribution in [3.05, 3.63) is 52.6 Å². The number of cyclic esters (lactones) is 1. The molecule has 1 aliphatic rings. The van der Waals surface area contributed by atoms with E-state index in [0.717, 1.165) is 6.26 Å². The van der Waals surface area contributed by atoms with Crippen LogP contribution in [0.4, 0.5) is 0 Å². The molecule has 3 rings (SSSR count). The van der Waals surface area contributed by atoms with Gasteiger partial charge < -0.3 is 18.1 Å². The number of halogens is 1. The third-order valence-corrected chi connectivity index (χ3v) is 3.97. The lowest BCUT2D eigenvalue weighted by atomic mass is 10.1. The van der Waals surface area contributed by atoms with Gasteiger partial charge in [0.15, 0.2) is 17.2 Å². The van der Waals surface area contributed by atoms with E-state index in [9.17, 15) is 13.2 Å². The molecule has 2 aromatic rings. The molecule has 0 saturated carbocycles. The summed E-state index contributed by atoms with van der Waals surface area (Å²) in [6, 6.07) is 6.15. The van der Waals surface area contributed by atoms with Crippen LogP contribution in [0.3, 0.4) is 0 Å². The third-order valence-electron chi connectivity index (χ3n) is 3.22. The molecule has 0 radical (unpaired) electrons. The summed E-state index contributed by atoms with van der Waals surface area (Å²) in [6.45, 7) is 1.97. The molecule has 0 amide bonds. The molecule has 10 heteroatoms. The second-order valence-corrected chi connectivity index (χ2v) is 7.35. The SMILES string of the molecule is CCOc1cc(/C=C2\N=C(c3ccco3)OC2=O)cc(Cl)c1OS(C)(=O)=O. The first-order valence-electron chi connectivity index (χ1n) is 7.69. The fourth-order valence-corrected chi connectivity index (χ4v) is 3.02. The highest BCUT2D eigenvalue weighted by molar-refractivity contribution is 7.86. The molecule has 2 heterocycles. The number of benzene rings is 1. The van der Waals surface area contributed by atoms with E-state index in [-0.39, 0.29) is 34.7 Å². The lowest BCUT2D eigenvalue weighted by Gasteiger charge is -2.12. The highest BCUT2D eigenvalue weighted by atomic mass is 35.5. The molecule has 0 N–H and O–H groups in total. The van der Waals surface area contributed by atoms with Crippen LogP contribution < -0.4 is 8.92 Å². The van der Waals surface area contributed by atoms with Gasteiger partial charge in [-0.05, 0) is 42.8 Å². The maximum Gasteiger partial charge on any atom is 0.363 e. The van der Waals surface area contributed by atoms with E-state index in [1.807, 2.05) is 0 Å². The number of carbonyl (C=O) groups is 1. The van der Waals surface area contributed by atoms with Crippen LogP contribution in [0.25, 0.3) is 6.08 Å². The van der Waals surface area contributed by atoms with Crippen molar-refractivity contribution in [3.63, 3.8) is 0 Å². The minimum atomic E-state index is -3.80. The van der Waals surface area contributed by atoms with E-state index in [1.54, 1.807) is 19.1 Å². The molecule has 27 heavy (non-hydrogen) atoms. The summed E-state index contributed by atoms with van der Waals surface area (Å²) in [5.41, 5.74) is 0.470. The highest BCUT2D eigenvalue weighted by Crippen LogP contribution is 2.38. The standard InChI is InChI=1S/C17H14ClNO7S/c1-3-23-14-9-10(7-11(18)15(14)26-27(2,21)22)8-12-17(20)25-16(19-12)13-5-4-6-24-13/h4-9H,3H2,1-2H3/b12-8-. The Morgan fingerprint density at radius 1 is 1.33 bits per heavy atom. The van der Waals surface area contributed by atoms with E-state index < -0.39 is 16.1 Å². The molecule has 0 bridgehead atoms. The van der Waals surface area contributed by atoms with Crippen LogP contribution in [0.5, 0.6) is 11.5 Å². The van der Waals surface area contributed by atoms with Crippen LogP contribution in [0.15, 0.2) is 45.6 Å². The number of rotatable bonds is 6. The number of aliphatic imine (C=N–C) groups is 1. The molecule has 1 aromatic carbocycles. The van der Waals surface area contributed by atoms with Crippen LogP contribution in [0.1, 0.15) is 18.2 Å². The average Bonchev–Trinajstić information content (AvgIpc) is 3.21. The number of nitrogens with zero attached hydrogens (tertiary/aromatic N) is 1. The van der Waals surface area contributed by atoms with Gasteiger partial charge in [-0.3, -0.25) is 0 Å². The Bertz CT molecular complexity index is 1040. The molecule has 0 unspecified atom stereocenters. The van der Waals surface area contributed by atoms with Crippen molar-refractivity contribution in [1.82, 2.24) is 0 Å². The van der Waals surface area contributed by atoms with Crippen molar-refractivity contribution in [2.75, 3.05) is 12.9 Å². The summed E-state index contributed by atoms with van der Waals surface area (Å²) in [6.07, 6.45) is 3.76. The Morgan fingerprint density at radius 2 is 2.11 bits per heavy atom. The molecule has 0 spiro atoms. The van der Waals surface area contributed by atoms with E-state index in [2.05, 4.69) is 4.99 Å². The van der Waals surface area contributed by atoms with Crippen molar-refractivity contribution >= 4 is 39.7 Å². The molecule has 0 aliphatic carbocycles. The Morgan fingerprint density at radius 3 is 2.74 bits per heavy atom. The molecular formula is C17H14ClNO7S. The lowest BCUT2D eigenvalue weighted by molar-refractivity contribution is -0.130. The second-order valence-electron chi connectivity index (χ2n) is 5.36. The van der Waals surface area contributed by atoms with Crippen molar-refractivity contribution in [3.8, 4) is 11.5 Å². The Kier molecular flexibility index (Phi) is 5.24. The summed E-state index contributed by atoms with van der Waals surface area (Å²) in [4.78, 5) is 16.1. The molecule has 1 aliphatic heterocycles. The van der Waals surface area contributed by atoms with Crippen LogP contribution >= 0.6 is 11.6 Å². The van der Waals surface area contributed by atoms with E-state index >= 15 is 0 Å². The summed E-state index contributed by atoms with van der Waals surface area (Å²) in [5, 5.41) is -0.000160. The van der Waals surface area contributed by atoms with Crippen molar-refractivity contribution in [2.24, 2.45) is 4.99 Å². The van der Waals surface area contributed by atoms with Gasteiger partial charge in [0.05, 0.1) is 24.1 Å². The van der Waals surface area contributed by atoms with E-state index in [1.165, 1.54) is 24.5 Å². The molecule has 8 nitrogen and oxygen atoms in total. The fraction of sp³-hybridized carbons (Fsp3) is 0.176. The Balaban J connectivity index is 1.99. The first-order valence-corrected chi connectivity index (χ1v) is 9.88. The van der Waals surface area contributed by atoms with Crippen LogP contribution in [-0.4, -0.2) is 33.1 Å². The molecule has 0 saturated heterocycles. The van der Waals surface area contributed by atoms with Gasteiger partial charge in [0.25, 0.3) is 5.90 Å². The van der Waals surface area contributed by atoms with Crippen molar-refractivity contribution in [2.45, 2.75) is 6.92 Å². The zero-order valence-electron chi connectivity index (χ0n) is 14.3. The average molecular weight is 412 g/mol. The second kappa shape index (κ2) is 7.45. The monoisotopic (exact) mass is 411 g/mol. The summed E-state index contributed by atoms with van der Waals surface area (Å²) in [5.74, 6) is -0.311. The maximum absolute atomic E-state index is 12.0. The number of hydrogen-bond acceptors (Lipinski definition) is 8. The minimum absolute atomic E-state index is 0.000160. The number of carbonyl (C=O) groups excluding carboxylic acids is 1. The number of ether oxygens (including phenoxy) is 2. The van der Waals surface area contributed by atoms with Crippen LogP contribution in [-0.2, 0) is 19.6 Å². The summed E-state index contributed by atoms with van der Waals surface area (Å²) < 4.78 is 43.4. The highest BCUT2D eigenvalue weighted by Gasteiger charge is 2.26. The first-order chi connectivity index (χ1) is 12.8. The molecule has 1 aromatic heterocycles. The van der Waals surface area contributed by atoms with E-state index in [0.29, 0.717) is 11.3 Å². The zero-order chi connectivity index (χ0) is 19.6. The van der Waals surface area contributed by atoms with Gasteiger partial charge in [-0.25, -0.2) is 9.79 Å². The van der Waals surface area contributed by atoms with Gasteiger partial charge in [-0.1, -0.05) is 11.6 Å². The summed E-state index contributed by atoms with van der Waals surface area (Å²) in [7, 11) is -3.80. The van der Waals surface area contributed by atoms with E-state index in [4.69, 9.17) is 29.7 Å². The lowest BCUT2D eigenvalue weighted by Crippen LogP contribution is -2.08. The first kappa shape index (κ1) is 19.0. The van der Waals surface area contributed by atoms with Gasteiger partial charge >= 0.3 is 16.1 Å². The summed E-state index contributed by atoms with van der Waals surface area (Å²) >= 11 is 6.14. The van der Waals surface area contributed by atoms with Crippen LogP contribution in [0.2, 0.25) is 5.02 Å². The van der Waals surface area contributed by atoms with Crippen molar-refractivity contribution < 1.29 is 31.3 Å². The predicted octanol–water partition coefficient (Wildman–Crippen LogP) is 3.01. The van der Waals surface area contributed by atoms with Gasteiger partial charge in [-0.2, -0.15) is 8.42 Å². The van der Waals surface area contributed by atoms with Gasteiger partial charge in [-0.15, -0.1) is 0 Å². The minimum Gasteiger partial charge on any atom is -0.490 e. The number of furan rings is 1. The van der Waals surface area contributed by atoms with Gasteiger partial charge in [0.1, 0.15) is 0 Å². The van der Waals surface area contributed by atoms with Gasteiger partial charge in [0, 0.05) is 0 Å². The third kappa shape index (κ3) is 4.50. The fourth-order valence-electron chi connectivity index (χ4n) is 2.24. The van der Waals surface area contributed by atoms with Crippen LogP contribution in [0, 0.1) is 0 Å². The molecular weight excluding hydrogens is 398 g/mol. The number of esters is 1. The number of hydrogen-bond donors (Lipinski definition) is 0. The van der Waals surface area contributed by atoms with Crippen molar-refractivity contribution in [1.29, 1.82) is 0 Å².